The molecule has 0 unspecified atom stereocenters. The Morgan fingerprint density at radius 3 is 2.59 bits per heavy atom. The van der Waals surface area contributed by atoms with Crippen LogP contribution >= 0.6 is 23.4 Å². The summed E-state index contributed by atoms with van der Waals surface area (Å²) >= 11 is 7.71. The van der Waals surface area contributed by atoms with Crippen LogP contribution in [0.1, 0.15) is 27.0 Å². The van der Waals surface area contributed by atoms with Gasteiger partial charge in [-0.2, -0.15) is 0 Å². The summed E-state index contributed by atoms with van der Waals surface area (Å²) in [5, 5.41) is 3.90. The number of thioether (sulfide) groups is 1. The minimum atomic E-state index is -0.374. The average Bonchev–Trinajstić information content (AvgIpc) is 3.25. The highest BCUT2D eigenvalue weighted by Gasteiger charge is 2.14. The molecule has 1 N–H and O–H groups in total. The molecule has 3 aromatic carbocycles. The van der Waals surface area contributed by atoms with Crippen molar-refractivity contribution in [3.05, 3.63) is 124 Å². The lowest BCUT2D eigenvalue weighted by molar-refractivity contribution is 0.0950. The van der Waals surface area contributed by atoms with Gasteiger partial charge in [-0.1, -0.05) is 59.8 Å². The number of aromatic nitrogens is 3. The van der Waals surface area contributed by atoms with Crippen molar-refractivity contribution < 1.29 is 13.6 Å². The predicted octanol–water partition coefficient (Wildman–Crippen LogP) is 6.63. The first kappa shape index (κ1) is 24.9. The monoisotopic (exact) mass is 534 g/mol. The fourth-order valence-electron chi connectivity index (χ4n) is 3.86. The maximum Gasteiger partial charge on any atom is 0.251 e. The molecule has 5 rings (SSSR count). The number of hydrogen-bond acceptors (Lipinski definition) is 4. The number of fused-ring (bicyclic) bond motifs is 1. The van der Waals surface area contributed by atoms with Crippen LogP contribution in [0.2, 0.25) is 5.02 Å². The lowest BCUT2D eigenvalue weighted by atomic mass is 10.1. The van der Waals surface area contributed by atoms with Crippen molar-refractivity contribution in [2.45, 2.75) is 24.0 Å². The Balaban J connectivity index is 1.31. The number of imidazole rings is 1. The van der Waals surface area contributed by atoms with Gasteiger partial charge in [-0.05, 0) is 47.5 Å². The summed E-state index contributed by atoms with van der Waals surface area (Å²) in [5.41, 5.74) is 4.39. The van der Waals surface area contributed by atoms with Gasteiger partial charge in [0, 0.05) is 34.6 Å². The van der Waals surface area contributed by atoms with Crippen molar-refractivity contribution in [2.24, 2.45) is 0 Å². The van der Waals surface area contributed by atoms with Crippen molar-refractivity contribution in [3.63, 3.8) is 0 Å². The predicted molar refractivity (Wildman–Crippen MR) is 142 cm³/mol. The van der Waals surface area contributed by atoms with E-state index in [9.17, 15) is 13.6 Å². The summed E-state index contributed by atoms with van der Waals surface area (Å²) < 4.78 is 29.3. The molecule has 0 aliphatic rings. The van der Waals surface area contributed by atoms with Crippen LogP contribution in [0.25, 0.3) is 11.0 Å². The van der Waals surface area contributed by atoms with Crippen molar-refractivity contribution >= 4 is 40.3 Å². The summed E-state index contributed by atoms with van der Waals surface area (Å²) in [5.74, 6) is -0.478. The maximum atomic E-state index is 13.8. The zero-order chi connectivity index (χ0) is 25.8. The van der Waals surface area contributed by atoms with Crippen molar-refractivity contribution in [1.82, 2.24) is 19.9 Å². The van der Waals surface area contributed by atoms with Crippen molar-refractivity contribution in [3.8, 4) is 0 Å². The number of nitrogens with zero attached hydrogens (tertiary/aromatic N) is 3. The second-order valence-electron chi connectivity index (χ2n) is 8.34. The van der Waals surface area contributed by atoms with Gasteiger partial charge in [-0.25, -0.2) is 13.8 Å². The molecule has 0 fully saturated rings. The Morgan fingerprint density at radius 2 is 1.81 bits per heavy atom. The smallest absolute Gasteiger partial charge is 0.251 e. The lowest BCUT2D eigenvalue weighted by Crippen LogP contribution is -2.23. The third-order valence-corrected chi connectivity index (χ3v) is 7.22. The van der Waals surface area contributed by atoms with Crippen LogP contribution in [0, 0.1) is 11.6 Å². The quantitative estimate of drug-likeness (QED) is 0.227. The molecule has 186 valence electrons. The van der Waals surface area contributed by atoms with E-state index in [1.165, 1.54) is 30.0 Å². The summed E-state index contributed by atoms with van der Waals surface area (Å²) in [4.78, 5) is 21.6. The Bertz CT molecular complexity index is 1570. The molecule has 5 nitrogen and oxygen atoms in total. The van der Waals surface area contributed by atoms with E-state index >= 15 is 0 Å². The van der Waals surface area contributed by atoms with Gasteiger partial charge >= 0.3 is 0 Å². The molecule has 0 spiro atoms. The van der Waals surface area contributed by atoms with Gasteiger partial charge in [0.25, 0.3) is 5.91 Å². The van der Waals surface area contributed by atoms with E-state index < -0.39 is 0 Å². The standard InChI is InChI=1S/C28H21ClF2N4OS/c29-23-13-22(30)10-9-21(23)17-37-28-34-25-11-12-32-15-26(25)35(28)16-18-5-7-19(8-6-18)27(36)33-14-20-3-1-2-4-24(20)31/h1-13,15H,14,16-17H2,(H,33,36). The third kappa shape index (κ3) is 5.81. The molecule has 0 aliphatic heterocycles. The van der Waals surface area contributed by atoms with Gasteiger partial charge in [0.05, 0.1) is 23.8 Å². The first-order valence-corrected chi connectivity index (χ1v) is 12.8. The van der Waals surface area contributed by atoms with Crippen LogP contribution < -0.4 is 5.32 Å². The highest BCUT2D eigenvalue weighted by molar-refractivity contribution is 7.98. The zero-order valence-electron chi connectivity index (χ0n) is 19.5. The molecule has 5 aromatic rings. The maximum absolute atomic E-state index is 13.8. The third-order valence-electron chi connectivity index (χ3n) is 5.84. The Kier molecular flexibility index (Phi) is 7.48. The van der Waals surface area contributed by atoms with Gasteiger partial charge in [0.1, 0.15) is 11.6 Å². The summed E-state index contributed by atoms with van der Waals surface area (Å²) in [7, 11) is 0. The molecule has 0 saturated heterocycles. The SMILES string of the molecule is O=C(NCc1ccccc1F)c1ccc(Cn2c(SCc3ccc(F)cc3Cl)nc3ccncc32)cc1. The Morgan fingerprint density at radius 1 is 1.00 bits per heavy atom. The fraction of sp³-hybridized carbons (Fsp3) is 0.107. The molecular formula is C28H21ClF2N4OS. The number of benzene rings is 3. The van der Waals surface area contributed by atoms with E-state index in [1.807, 2.05) is 18.2 Å². The second kappa shape index (κ2) is 11.1. The van der Waals surface area contributed by atoms with Gasteiger partial charge in [-0.15, -0.1) is 0 Å². The molecule has 1 amide bonds. The minimum absolute atomic E-state index is 0.111. The fourth-order valence-corrected chi connectivity index (χ4v) is 5.19. The molecule has 0 saturated carbocycles. The molecule has 0 aliphatic carbocycles. The van der Waals surface area contributed by atoms with Crippen LogP contribution in [0.5, 0.6) is 0 Å². The van der Waals surface area contributed by atoms with Gasteiger partial charge in [0.2, 0.25) is 0 Å². The van der Waals surface area contributed by atoms with Crippen LogP contribution in [0.4, 0.5) is 8.78 Å². The number of carbonyl (C=O) groups is 1. The molecule has 0 radical (unpaired) electrons. The number of pyridine rings is 1. The zero-order valence-corrected chi connectivity index (χ0v) is 21.1. The molecule has 0 bridgehead atoms. The Labute approximate surface area is 221 Å². The molecule has 2 aromatic heterocycles. The second-order valence-corrected chi connectivity index (χ2v) is 9.69. The number of rotatable bonds is 8. The topological polar surface area (TPSA) is 59.8 Å². The largest absolute Gasteiger partial charge is 0.348 e. The highest BCUT2D eigenvalue weighted by Crippen LogP contribution is 2.30. The van der Waals surface area contributed by atoms with E-state index in [0.29, 0.717) is 28.4 Å². The molecule has 0 atom stereocenters. The van der Waals surface area contributed by atoms with E-state index in [0.717, 1.165) is 27.3 Å². The Hall–Kier alpha value is -3.75. The van der Waals surface area contributed by atoms with Crippen LogP contribution in [-0.2, 0) is 18.8 Å². The van der Waals surface area contributed by atoms with Gasteiger partial charge in [0.15, 0.2) is 5.16 Å². The van der Waals surface area contributed by atoms with Gasteiger partial charge < -0.3 is 9.88 Å². The number of nitrogens with one attached hydrogen (secondary N) is 1. The summed E-state index contributed by atoms with van der Waals surface area (Å²) in [6.45, 7) is 0.624. The summed E-state index contributed by atoms with van der Waals surface area (Å²) in [6.07, 6.45) is 3.46. The first-order chi connectivity index (χ1) is 18.0. The molecule has 9 heteroatoms. The molecule has 37 heavy (non-hydrogen) atoms. The lowest BCUT2D eigenvalue weighted by Gasteiger charge is -2.11. The van der Waals surface area contributed by atoms with E-state index in [4.69, 9.17) is 16.6 Å². The van der Waals surface area contributed by atoms with Gasteiger partial charge in [-0.3, -0.25) is 9.78 Å². The molecular weight excluding hydrogens is 514 g/mol. The first-order valence-electron chi connectivity index (χ1n) is 11.5. The number of halogens is 3. The number of amides is 1. The van der Waals surface area contributed by atoms with Crippen LogP contribution in [-0.4, -0.2) is 20.4 Å². The molecule has 2 heterocycles. The highest BCUT2D eigenvalue weighted by atomic mass is 35.5. The van der Waals surface area contributed by atoms with Crippen molar-refractivity contribution in [1.29, 1.82) is 0 Å². The number of carbonyl (C=O) groups excluding carboxylic acids is 1. The van der Waals surface area contributed by atoms with E-state index in [1.54, 1.807) is 48.8 Å². The summed E-state index contributed by atoms with van der Waals surface area (Å²) in [6, 6.07) is 19.8. The van der Waals surface area contributed by atoms with E-state index in [2.05, 4.69) is 14.9 Å². The number of hydrogen-bond donors (Lipinski definition) is 1. The minimum Gasteiger partial charge on any atom is -0.348 e. The van der Waals surface area contributed by atoms with E-state index in [-0.39, 0.29) is 24.1 Å². The normalized spacial score (nSPS) is 11.1. The van der Waals surface area contributed by atoms with Crippen molar-refractivity contribution in [2.75, 3.05) is 0 Å². The van der Waals surface area contributed by atoms with Crippen LogP contribution in [0.15, 0.2) is 90.3 Å². The average molecular weight is 535 g/mol. The van der Waals surface area contributed by atoms with Crippen LogP contribution in [0.3, 0.4) is 0 Å².